The first-order valence-corrected chi connectivity index (χ1v) is 6.02. The van der Waals surface area contributed by atoms with Crippen molar-refractivity contribution >= 4 is 0 Å². The average Bonchev–Trinajstić information content (AvgIpc) is 2.29. The summed E-state index contributed by atoms with van der Waals surface area (Å²) >= 11 is 0. The number of ether oxygens (including phenoxy) is 2. The fourth-order valence-electron chi connectivity index (χ4n) is 1.58. The van der Waals surface area contributed by atoms with Crippen LogP contribution in [-0.2, 0) is 9.47 Å². The smallest absolute Gasteiger partial charge is 0.183 e. The maximum Gasteiger partial charge on any atom is 0.183 e. The van der Waals surface area contributed by atoms with Gasteiger partial charge in [0.2, 0.25) is 0 Å². The van der Waals surface area contributed by atoms with E-state index in [1.165, 1.54) is 5.56 Å². The normalized spacial score (nSPS) is 11.4. The van der Waals surface area contributed by atoms with Crippen LogP contribution in [0.4, 0.5) is 0 Å². The SMILES string of the molecule is CCOC(OCC)c1ccc(C(C)C)cc1. The molecule has 0 fully saturated rings. The number of hydrogen-bond acceptors (Lipinski definition) is 2. The van der Waals surface area contributed by atoms with Crippen molar-refractivity contribution in [3.05, 3.63) is 35.4 Å². The Bertz CT molecular complexity index is 284. The minimum atomic E-state index is -0.226. The highest BCUT2D eigenvalue weighted by atomic mass is 16.7. The van der Waals surface area contributed by atoms with E-state index in [1.54, 1.807) is 0 Å². The third kappa shape index (κ3) is 3.62. The van der Waals surface area contributed by atoms with Gasteiger partial charge in [-0.1, -0.05) is 38.1 Å². The topological polar surface area (TPSA) is 18.5 Å². The van der Waals surface area contributed by atoms with E-state index in [1.807, 2.05) is 13.8 Å². The zero-order chi connectivity index (χ0) is 12.0. The average molecular weight is 222 g/mol. The van der Waals surface area contributed by atoms with Gasteiger partial charge >= 0.3 is 0 Å². The molecule has 0 saturated heterocycles. The Balaban J connectivity index is 2.76. The first-order valence-electron chi connectivity index (χ1n) is 6.02. The van der Waals surface area contributed by atoms with E-state index in [9.17, 15) is 0 Å². The minimum absolute atomic E-state index is 0.226. The van der Waals surface area contributed by atoms with Gasteiger partial charge in [0.05, 0.1) is 0 Å². The van der Waals surface area contributed by atoms with Crippen LogP contribution in [0.3, 0.4) is 0 Å². The predicted octanol–water partition coefficient (Wildman–Crippen LogP) is 3.88. The molecule has 1 aromatic carbocycles. The lowest BCUT2D eigenvalue weighted by molar-refractivity contribution is -0.140. The highest BCUT2D eigenvalue weighted by molar-refractivity contribution is 5.25. The molecule has 0 amide bonds. The molecule has 90 valence electrons. The highest BCUT2D eigenvalue weighted by Crippen LogP contribution is 2.22. The molecule has 0 aliphatic rings. The monoisotopic (exact) mass is 222 g/mol. The summed E-state index contributed by atoms with van der Waals surface area (Å²) in [5.74, 6) is 0.562. The Morgan fingerprint density at radius 1 is 0.875 bits per heavy atom. The lowest BCUT2D eigenvalue weighted by Crippen LogP contribution is -2.08. The van der Waals surface area contributed by atoms with E-state index < -0.39 is 0 Å². The molecule has 1 aromatic rings. The molecule has 0 unspecified atom stereocenters. The molecule has 0 aromatic heterocycles. The van der Waals surface area contributed by atoms with E-state index in [2.05, 4.69) is 38.1 Å². The van der Waals surface area contributed by atoms with Gasteiger partial charge in [-0.05, 0) is 25.3 Å². The second-order valence-corrected chi connectivity index (χ2v) is 4.06. The molecule has 0 atom stereocenters. The van der Waals surface area contributed by atoms with Crippen LogP contribution in [0.1, 0.15) is 51.0 Å². The van der Waals surface area contributed by atoms with Crippen LogP contribution in [0, 0.1) is 0 Å². The molecule has 0 N–H and O–H groups in total. The fourth-order valence-corrected chi connectivity index (χ4v) is 1.58. The molecule has 0 bridgehead atoms. The molecule has 0 saturated carbocycles. The molecular weight excluding hydrogens is 200 g/mol. The van der Waals surface area contributed by atoms with E-state index in [-0.39, 0.29) is 6.29 Å². The number of benzene rings is 1. The second-order valence-electron chi connectivity index (χ2n) is 4.06. The standard InChI is InChI=1S/C14H22O2/c1-5-15-14(16-6-2)13-9-7-12(8-10-13)11(3)4/h7-11,14H,5-6H2,1-4H3. The van der Waals surface area contributed by atoms with Crippen molar-refractivity contribution in [1.82, 2.24) is 0 Å². The van der Waals surface area contributed by atoms with Gasteiger partial charge < -0.3 is 9.47 Å². The van der Waals surface area contributed by atoms with Crippen molar-refractivity contribution < 1.29 is 9.47 Å². The van der Waals surface area contributed by atoms with Crippen LogP contribution in [0.2, 0.25) is 0 Å². The van der Waals surface area contributed by atoms with Gasteiger partial charge in [0.1, 0.15) is 0 Å². The Kier molecular flexibility index (Phi) is 5.50. The Labute approximate surface area is 98.6 Å². The predicted molar refractivity (Wildman–Crippen MR) is 66.5 cm³/mol. The van der Waals surface area contributed by atoms with Crippen molar-refractivity contribution in [1.29, 1.82) is 0 Å². The summed E-state index contributed by atoms with van der Waals surface area (Å²) in [5.41, 5.74) is 2.43. The first kappa shape index (κ1) is 13.2. The molecule has 1 rings (SSSR count). The Hall–Kier alpha value is -0.860. The molecule has 0 aliphatic carbocycles. The van der Waals surface area contributed by atoms with Gasteiger partial charge in [-0.15, -0.1) is 0 Å². The maximum atomic E-state index is 5.55. The van der Waals surface area contributed by atoms with Crippen LogP contribution in [0.15, 0.2) is 24.3 Å². The fraction of sp³-hybridized carbons (Fsp3) is 0.571. The molecule has 0 radical (unpaired) electrons. The summed E-state index contributed by atoms with van der Waals surface area (Å²) in [5, 5.41) is 0. The van der Waals surface area contributed by atoms with Gasteiger partial charge in [-0.2, -0.15) is 0 Å². The summed E-state index contributed by atoms with van der Waals surface area (Å²) in [7, 11) is 0. The van der Waals surface area contributed by atoms with E-state index >= 15 is 0 Å². The molecule has 2 nitrogen and oxygen atoms in total. The van der Waals surface area contributed by atoms with Gasteiger partial charge in [0.25, 0.3) is 0 Å². The van der Waals surface area contributed by atoms with Crippen LogP contribution in [0.25, 0.3) is 0 Å². The number of hydrogen-bond donors (Lipinski definition) is 0. The van der Waals surface area contributed by atoms with Gasteiger partial charge in [-0.3, -0.25) is 0 Å². The van der Waals surface area contributed by atoms with Crippen LogP contribution >= 0.6 is 0 Å². The molecule has 16 heavy (non-hydrogen) atoms. The van der Waals surface area contributed by atoms with E-state index in [0.717, 1.165) is 5.56 Å². The van der Waals surface area contributed by atoms with Crippen LogP contribution in [0.5, 0.6) is 0 Å². The van der Waals surface area contributed by atoms with Crippen LogP contribution in [-0.4, -0.2) is 13.2 Å². The summed E-state index contributed by atoms with van der Waals surface area (Å²) in [6, 6.07) is 8.46. The molecule has 0 spiro atoms. The lowest BCUT2D eigenvalue weighted by Gasteiger charge is -2.17. The zero-order valence-electron chi connectivity index (χ0n) is 10.7. The van der Waals surface area contributed by atoms with Gasteiger partial charge in [0, 0.05) is 18.8 Å². The second kappa shape index (κ2) is 6.66. The Morgan fingerprint density at radius 2 is 1.31 bits per heavy atom. The molecular formula is C14H22O2. The third-order valence-electron chi connectivity index (χ3n) is 2.51. The van der Waals surface area contributed by atoms with E-state index in [4.69, 9.17) is 9.47 Å². The summed E-state index contributed by atoms with van der Waals surface area (Å²) < 4.78 is 11.1. The zero-order valence-corrected chi connectivity index (χ0v) is 10.7. The van der Waals surface area contributed by atoms with Crippen molar-refractivity contribution in [2.24, 2.45) is 0 Å². The largest absolute Gasteiger partial charge is 0.349 e. The quantitative estimate of drug-likeness (QED) is 0.680. The van der Waals surface area contributed by atoms with Gasteiger partial charge in [0.15, 0.2) is 6.29 Å². The summed E-state index contributed by atoms with van der Waals surface area (Å²) in [6.07, 6.45) is -0.226. The van der Waals surface area contributed by atoms with Crippen molar-refractivity contribution in [2.75, 3.05) is 13.2 Å². The minimum Gasteiger partial charge on any atom is -0.349 e. The number of rotatable bonds is 6. The molecule has 0 heterocycles. The Morgan fingerprint density at radius 3 is 1.69 bits per heavy atom. The van der Waals surface area contributed by atoms with Crippen LogP contribution < -0.4 is 0 Å². The lowest BCUT2D eigenvalue weighted by atomic mass is 10.0. The molecule has 2 heteroatoms. The van der Waals surface area contributed by atoms with Gasteiger partial charge in [-0.25, -0.2) is 0 Å². The third-order valence-corrected chi connectivity index (χ3v) is 2.51. The van der Waals surface area contributed by atoms with Crippen molar-refractivity contribution in [3.63, 3.8) is 0 Å². The summed E-state index contributed by atoms with van der Waals surface area (Å²) in [6.45, 7) is 9.67. The summed E-state index contributed by atoms with van der Waals surface area (Å²) in [4.78, 5) is 0. The van der Waals surface area contributed by atoms with E-state index in [0.29, 0.717) is 19.1 Å². The highest BCUT2D eigenvalue weighted by Gasteiger charge is 2.11. The van der Waals surface area contributed by atoms with Crippen molar-refractivity contribution in [2.45, 2.75) is 39.9 Å². The van der Waals surface area contributed by atoms with Crippen molar-refractivity contribution in [3.8, 4) is 0 Å². The maximum absolute atomic E-state index is 5.55. The molecule has 0 aliphatic heterocycles. The first-order chi connectivity index (χ1) is 7.69.